The van der Waals surface area contributed by atoms with Crippen LogP contribution in [0.2, 0.25) is 0 Å². The second-order valence-corrected chi connectivity index (χ2v) is 7.28. The fraction of sp³-hybridized carbons (Fsp3) is 0.611. The average molecular weight is 304 g/mol. The largest absolute Gasteiger partial charge is 0.507 e. The Morgan fingerprint density at radius 2 is 1.86 bits per heavy atom. The molecule has 0 saturated carbocycles. The summed E-state index contributed by atoms with van der Waals surface area (Å²) in [6.45, 7) is 13.6. The first-order valence-corrected chi connectivity index (χ1v) is 8.05. The molecule has 2 rings (SSSR count). The van der Waals surface area contributed by atoms with Gasteiger partial charge in [-0.15, -0.1) is 0 Å². The maximum Gasteiger partial charge on any atom is 0.183 e. The quantitative estimate of drug-likeness (QED) is 0.842. The molecule has 1 unspecified atom stereocenters. The zero-order valence-corrected chi connectivity index (χ0v) is 14.4. The summed E-state index contributed by atoms with van der Waals surface area (Å²) in [6, 6.07) is 3.58. The van der Waals surface area contributed by atoms with Crippen LogP contribution in [0.15, 0.2) is 12.1 Å². The van der Waals surface area contributed by atoms with Gasteiger partial charge in [0.2, 0.25) is 0 Å². The van der Waals surface area contributed by atoms with Gasteiger partial charge in [-0.1, -0.05) is 26.8 Å². The summed E-state index contributed by atoms with van der Waals surface area (Å²) in [5.41, 5.74) is 2.11. The maximum absolute atomic E-state index is 12.9. The van der Waals surface area contributed by atoms with Crippen molar-refractivity contribution in [3.05, 3.63) is 28.8 Å². The van der Waals surface area contributed by atoms with E-state index in [0.29, 0.717) is 5.56 Å². The third kappa shape index (κ3) is 3.50. The second-order valence-electron chi connectivity index (χ2n) is 7.28. The van der Waals surface area contributed by atoms with Crippen LogP contribution in [-0.2, 0) is 5.41 Å². The van der Waals surface area contributed by atoms with Crippen molar-refractivity contribution in [2.45, 2.75) is 46.1 Å². The number of aryl methyl sites for hydroxylation is 1. The van der Waals surface area contributed by atoms with E-state index in [0.717, 1.165) is 37.3 Å². The molecule has 1 aliphatic rings. The third-order valence-corrected chi connectivity index (χ3v) is 4.41. The van der Waals surface area contributed by atoms with E-state index in [9.17, 15) is 9.90 Å². The molecule has 0 amide bonds. The molecule has 2 N–H and O–H groups in total. The number of aromatic hydroxyl groups is 1. The average Bonchev–Trinajstić information content (AvgIpc) is 2.47. The molecule has 0 spiro atoms. The monoisotopic (exact) mass is 304 g/mol. The van der Waals surface area contributed by atoms with Crippen LogP contribution >= 0.6 is 0 Å². The second kappa shape index (κ2) is 6.39. The number of nitrogens with one attached hydrogen (secondary N) is 1. The SMILES string of the molecule is Cc1cc(C(=O)C(C)N2CCNCC2)c(O)c(C(C)(C)C)c1. The zero-order valence-electron chi connectivity index (χ0n) is 14.4. The van der Waals surface area contributed by atoms with Gasteiger partial charge in [-0.25, -0.2) is 0 Å². The van der Waals surface area contributed by atoms with E-state index in [1.54, 1.807) is 0 Å². The molecule has 0 aliphatic carbocycles. The molecular formula is C18H28N2O2. The van der Waals surface area contributed by atoms with E-state index in [-0.39, 0.29) is 23.0 Å². The Morgan fingerprint density at radius 3 is 2.41 bits per heavy atom. The highest BCUT2D eigenvalue weighted by Gasteiger charge is 2.28. The van der Waals surface area contributed by atoms with Crippen LogP contribution in [0.3, 0.4) is 0 Å². The van der Waals surface area contributed by atoms with Crippen molar-refractivity contribution in [2.75, 3.05) is 26.2 Å². The van der Waals surface area contributed by atoms with Gasteiger partial charge in [0.05, 0.1) is 11.6 Å². The van der Waals surface area contributed by atoms with Crippen LogP contribution < -0.4 is 5.32 Å². The Morgan fingerprint density at radius 1 is 1.27 bits per heavy atom. The lowest BCUT2D eigenvalue weighted by Gasteiger charge is -2.32. The molecule has 122 valence electrons. The van der Waals surface area contributed by atoms with Gasteiger partial charge in [0.1, 0.15) is 5.75 Å². The number of hydrogen-bond donors (Lipinski definition) is 2. The fourth-order valence-corrected chi connectivity index (χ4v) is 3.00. The number of hydrogen-bond acceptors (Lipinski definition) is 4. The number of piperazine rings is 1. The van der Waals surface area contributed by atoms with E-state index in [1.165, 1.54) is 0 Å². The van der Waals surface area contributed by atoms with Crippen molar-refractivity contribution < 1.29 is 9.90 Å². The van der Waals surface area contributed by atoms with Crippen LogP contribution in [0.25, 0.3) is 0 Å². The van der Waals surface area contributed by atoms with E-state index in [4.69, 9.17) is 0 Å². The molecule has 0 bridgehead atoms. The molecule has 1 fully saturated rings. The van der Waals surface area contributed by atoms with Crippen LogP contribution in [0.1, 0.15) is 49.2 Å². The van der Waals surface area contributed by atoms with E-state index in [2.05, 4.69) is 31.0 Å². The summed E-state index contributed by atoms with van der Waals surface area (Å²) < 4.78 is 0. The van der Waals surface area contributed by atoms with Crippen molar-refractivity contribution in [1.29, 1.82) is 0 Å². The van der Waals surface area contributed by atoms with Crippen molar-refractivity contribution >= 4 is 5.78 Å². The Labute approximate surface area is 133 Å². The van der Waals surface area contributed by atoms with Gasteiger partial charge in [-0.3, -0.25) is 9.69 Å². The highest BCUT2D eigenvalue weighted by Crippen LogP contribution is 2.35. The third-order valence-electron chi connectivity index (χ3n) is 4.41. The summed E-state index contributed by atoms with van der Waals surface area (Å²) in [5.74, 6) is 0.152. The smallest absolute Gasteiger partial charge is 0.183 e. The Bertz CT molecular complexity index is 555. The normalized spacial score (nSPS) is 18.2. The zero-order chi connectivity index (χ0) is 16.5. The predicted molar refractivity (Wildman–Crippen MR) is 89.8 cm³/mol. The highest BCUT2D eigenvalue weighted by atomic mass is 16.3. The van der Waals surface area contributed by atoms with Crippen LogP contribution in [0.5, 0.6) is 5.75 Å². The van der Waals surface area contributed by atoms with Gasteiger partial charge in [0, 0.05) is 31.7 Å². The minimum Gasteiger partial charge on any atom is -0.507 e. The number of rotatable bonds is 3. The van der Waals surface area contributed by atoms with E-state index in [1.807, 2.05) is 26.0 Å². The lowest BCUT2D eigenvalue weighted by Crippen LogP contribution is -2.50. The molecule has 1 aliphatic heterocycles. The lowest BCUT2D eigenvalue weighted by atomic mass is 9.83. The maximum atomic E-state index is 12.9. The molecule has 4 nitrogen and oxygen atoms in total. The number of Topliss-reactive ketones (excluding diaryl/α,β-unsaturated/α-hetero) is 1. The van der Waals surface area contributed by atoms with Crippen LogP contribution in [0, 0.1) is 6.92 Å². The first-order valence-electron chi connectivity index (χ1n) is 8.05. The Hall–Kier alpha value is -1.39. The van der Waals surface area contributed by atoms with Crippen LogP contribution in [0.4, 0.5) is 0 Å². The van der Waals surface area contributed by atoms with Gasteiger partial charge < -0.3 is 10.4 Å². The molecule has 0 aromatic heterocycles. The molecule has 1 heterocycles. The van der Waals surface area contributed by atoms with Crippen LogP contribution in [-0.4, -0.2) is 48.0 Å². The van der Waals surface area contributed by atoms with E-state index >= 15 is 0 Å². The van der Waals surface area contributed by atoms with Crippen molar-refractivity contribution in [1.82, 2.24) is 10.2 Å². The summed E-state index contributed by atoms with van der Waals surface area (Å²) in [6.07, 6.45) is 0. The topological polar surface area (TPSA) is 52.6 Å². The molecule has 0 radical (unpaired) electrons. The predicted octanol–water partition coefficient (Wildman–Crippen LogP) is 2.47. The van der Waals surface area contributed by atoms with Crippen molar-refractivity contribution in [3.8, 4) is 5.75 Å². The first kappa shape index (κ1) is 17.0. The first-order chi connectivity index (χ1) is 10.2. The molecule has 1 aromatic carbocycles. The number of carbonyl (C=O) groups is 1. The van der Waals surface area contributed by atoms with Crippen molar-refractivity contribution in [3.63, 3.8) is 0 Å². The number of ketones is 1. The van der Waals surface area contributed by atoms with Gasteiger partial charge in [-0.2, -0.15) is 0 Å². The molecule has 1 saturated heterocycles. The number of phenols is 1. The van der Waals surface area contributed by atoms with Gasteiger partial charge in [-0.05, 0) is 30.9 Å². The van der Waals surface area contributed by atoms with Crippen molar-refractivity contribution in [2.24, 2.45) is 0 Å². The summed E-state index contributed by atoms with van der Waals surface area (Å²) in [7, 11) is 0. The minimum absolute atomic E-state index is 0.00796. The van der Waals surface area contributed by atoms with Gasteiger partial charge >= 0.3 is 0 Å². The summed E-state index contributed by atoms with van der Waals surface area (Å²) in [5, 5.41) is 13.9. The Balaban J connectivity index is 2.35. The highest BCUT2D eigenvalue weighted by molar-refractivity contribution is 6.02. The van der Waals surface area contributed by atoms with Gasteiger partial charge in [0.25, 0.3) is 0 Å². The molecule has 1 aromatic rings. The summed E-state index contributed by atoms with van der Waals surface area (Å²) >= 11 is 0. The number of benzene rings is 1. The number of carbonyl (C=O) groups excluding carboxylic acids is 1. The Kier molecular flexibility index (Phi) is 4.93. The summed E-state index contributed by atoms with van der Waals surface area (Å²) in [4.78, 5) is 15.1. The standard InChI is InChI=1S/C18H28N2O2/c1-12-10-14(17(22)15(11-12)18(3,4)5)16(21)13(2)20-8-6-19-7-9-20/h10-11,13,19,22H,6-9H2,1-5H3. The van der Waals surface area contributed by atoms with E-state index < -0.39 is 0 Å². The minimum atomic E-state index is -0.206. The molecule has 4 heteroatoms. The molecular weight excluding hydrogens is 276 g/mol. The number of phenolic OH excluding ortho intramolecular Hbond substituents is 1. The van der Waals surface area contributed by atoms with Gasteiger partial charge in [0.15, 0.2) is 5.78 Å². The molecule has 22 heavy (non-hydrogen) atoms. The lowest BCUT2D eigenvalue weighted by molar-refractivity contribution is 0.0817. The fourth-order valence-electron chi connectivity index (χ4n) is 3.00. The molecule has 1 atom stereocenters. The number of nitrogens with zero attached hydrogens (tertiary/aromatic N) is 1.